The molecule has 0 bridgehead atoms. The van der Waals surface area contributed by atoms with Crippen LogP contribution in [0.2, 0.25) is 0 Å². The Labute approximate surface area is 174 Å². The highest BCUT2D eigenvalue weighted by molar-refractivity contribution is 7.89. The lowest BCUT2D eigenvalue weighted by Gasteiger charge is -2.31. The van der Waals surface area contributed by atoms with Crippen molar-refractivity contribution in [1.82, 2.24) is 4.31 Å². The number of rotatable bonds is 7. The highest BCUT2D eigenvalue weighted by atomic mass is 32.2. The Balaban J connectivity index is 1.70. The molecule has 0 saturated carbocycles. The molecule has 1 amide bonds. The minimum atomic E-state index is -3.74. The topological polar surface area (TPSA) is 119 Å². The number of piperidine rings is 1. The molecule has 9 nitrogen and oxygen atoms in total. The summed E-state index contributed by atoms with van der Waals surface area (Å²) >= 11 is 0. The minimum Gasteiger partial charge on any atom is -0.494 e. The summed E-state index contributed by atoms with van der Waals surface area (Å²) in [5, 5.41) is 13.6. The average molecular weight is 433 g/mol. The van der Waals surface area contributed by atoms with E-state index >= 15 is 0 Å². The predicted molar refractivity (Wildman–Crippen MR) is 111 cm³/mol. The first-order chi connectivity index (χ1) is 14.3. The summed E-state index contributed by atoms with van der Waals surface area (Å²) in [6, 6.07) is 11.8. The van der Waals surface area contributed by atoms with Crippen molar-refractivity contribution < 1.29 is 22.9 Å². The Kier molecular flexibility index (Phi) is 6.68. The van der Waals surface area contributed by atoms with Crippen LogP contribution in [0.3, 0.4) is 0 Å². The first-order valence-electron chi connectivity index (χ1n) is 9.59. The Bertz CT molecular complexity index is 1020. The van der Waals surface area contributed by atoms with Gasteiger partial charge < -0.3 is 10.1 Å². The highest BCUT2D eigenvalue weighted by Gasteiger charge is 2.33. The summed E-state index contributed by atoms with van der Waals surface area (Å²) < 4.78 is 32.6. The van der Waals surface area contributed by atoms with Crippen LogP contribution in [-0.4, -0.2) is 43.2 Å². The van der Waals surface area contributed by atoms with Gasteiger partial charge in [0.2, 0.25) is 15.9 Å². The van der Waals surface area contributed by atoms with Crippen molar-refractivity contribution in [3.63, 3.8) is 0 Å². The monoisotopic (exact) mass is 433 g/mol. The van der Waals surface area contributed by atoms with Crippen molar-refractivity contribution >= 4 is 27.3 Å². The molecule has 3 rings (SSSR count). The van der Waals surface area contributed by atoms with Crippen LogP contribution in [0.1, 0.15) is 19.8 Å². The van der Waals surface area contributed by atoms with Crippen molar-refractivity contribution in [2.24, 2.45) is 5.92 Å². The molecule has 0 radical (unpaired) electrons. The molecule has 2 aromatic rings. The maximum Gasteiger partial charge on any atom is 0.271 e. The summed E-state index contributed by atoms with van der Waals surface area (Å²) in [5.74, 6) is -0.318. The lowest BCUT2D eigenvalue weighted by molar-refractivity contribution is -0.384. The van der Waals surface area contributed by atoms with Gasteiger partial charge in [-0.3, -0.25) is 14.9 Å². The molecular weight excluding hydrogens is 410 g/mol. The summed E-state index contributed by atoms with van der Waals surface area (Å²) in [7, 11) is -3.74. The molecule has 1 heterocycles. The quantitative estimate of drug-likeness (QED) is 0.529. The molecule has 10 heteroatoms. The molecule has 160 valence electrons. The van der Waals surface area contributed by atoms with E-state index in [9.17, 15) is 23.3 Å². The van der Waals surface area contributed by atoms with E-state index < -0.39 is 20.9 Å². The Morgan fingerprint density at radius 2 is 2.00 bits per heavy atom. The smallest absolute Gasteiger partial charge is 0.271 e. The van der Waals surface area contributed by atoms with Gasteiger partial charge in [-0.05, 0) is 50.1 Å². The molecule has 1 N–H and O–H groups in total. The number of hydrogen-bond donors (Lipinski definition) is 1. The summed E-state index contributed by atoms with van der Waals surface area (Å²) in [6.07, 6.45) is 1.08. The highest BCUT2D eigenvalue weighted by Crippen LogP contribution is 2.26. The second kappa shape index (κ2) is 9.23. The van der Waals surface area contributed by atoms with E-state index in [1.54, 1.807) is 18.2 Å². The van der Waals surface area contributed by atoms with Crippen molar-refractivity contribution in [2.75, 3.05) is 25.0 Å². The molecule has 0 aliphatic carbocycles. The Hall–Kier alpha value is -2.98. The molecule has 0 spiro atoms. The zero-order valence-electron chi connectivity index (χ0n) is 16.5. The first-order valence-corrected chi connectivity index (χ1v) is 11.0. The molecule has 0 aromatic heterocycles. The normalized spacial score (nSPS) is 17.3. The summed E-state index contributed by atoms with van der Waals surface area (Å²) in [5.41, 5.74) is 0.178. The van der Waals surface area contributed by atoms with E-state index in [2.05, 4.69) is 5.32 Å². The fourth-order valence-corrected chi connectivity index (χ4v) is 4.86. The standard InChI is InChI=1S/C20H23N3O6S/c1-2-29-18-8-10-19(11-9-18)30(27,28)22-12-4-5-15(14-22)20(24)21-16-6-3-7-17(13-16)23(25)26/h3,6-11,13,15H,2,4-5,12,14H2,1H3,(H,21,24)/t15-/m1/s1. The molecular formula is C20H23N3O6S. The van der Waals surface area contributed by atoms with E-state index in [-0.39, 0.29) is 23.0 Å². The molecule has 1 aliphatic rings. The number of benzene rings is 2. The molecule has 2 aromatic carbocycles. The first kappa shape index (κ1) is 21.7. The number of nitrogens with zero attached hydrogens (tertiary/aromatic N) is 2. The van der Waals surface area contributed by atoms with Crippen LogP contribution in [0.4, 0.5) is 11.4 Å². The largest absolute Gasteiger partial charge is 0.494 e. The van der Waals surface area contributed by atoms with E-state index in [4.69, 9.17) is 4.74 Å². The third-order valence-electron chi connectivity index (χ3n) is 4.85. The van der Waals surface area contributed by atoms with Gasteiger partial charge >= 0.3 is 0 Å². The lowest BCUT2D eigenvalue weighted by Crippen LogP contribution is -2.43. The van der Waals surface area contributed by atoms with Gasteiger partial charge in [0.1, 0.15) is 5.75 Å². The van der Waals surface area contributed by atoms with Crippen molar-refractivity contribution in [2.45, 2.75) is 24.7 Å². The van der Waals surface area contributed by atoms with Gasteiger partial charge in [0, 0.05) is 30.9 Å². The van der Waals surface area contributed by atoms with Gasteiger partial charge in [-0.1, -0.05) is 6.07 Å². The van der Waals surface area contributed by atoms with Gasteiger partial charge in [-0.15, -0.1) is 0 Å². The summed E-state index contributed by atoms with van der Waals surface area (Å²) in [6.45, 7) is 2.71. The number of carbonyl (C=O) groups excluding carboxylic acids is 1. The number of hydrogen-bond acceptors (Lipinski definition) is 6. The zero-order valence-corrected chi connectivity index (χ0v) is 17.3. The third kappa shape index (κ3) is 4.95. The van der Waals surface area contributed by atoms with Gasteiger partial charge in [-0.25, -0.2) is 8.42 Å². The van der Waals surface area contributed by atoms with Crippen molar-refractivity contribution in [3.8, 4) is 5.75 Å². The maximum absolute atomic E-state index is 13.0. The number of anilines is 1. The van der Waals surface area contributed by atoms with Crippen LogP contribution < -0.4 is 10.1 Å². The molecule has 1 fully saturated rings. The van der Waals surface area contributed by atoms with Gasteiger partial charge in [0.05, 0.1) is 22.3 Å². The number of nitrogens with one attached hydrogen (secondary N) is 1. The van der Waals surface area contributed by atoms with Crippen LogP contribution in [0, 0.1) is 16.0 Å². The lowest BCUT2D eigenvalue weighted by atomic mass is 9.98. The van der Waals surface area contributed by atoms with Crippen LogP contribution >= 0.6 is 0 Å². The van der Waals surface area contributed by atoms with Crippen LogP contribution in [0.15, 0.2) is 53.4 Å². The minimum absolute atomic E-state index is 0.0519. The second-order valence-electron chi connectivity index (χ2n) is 6.90. The number of ether oxygens (including phenoxy) is 1. The summed E-state index contributed by atoms with van der Waals surface area (Å²) in [4.78, 5) is 23.2. The van der Waals surface area contributed by atoms with Gasteiger partial charge in [-0.2, -0.15) is 4.31 Å². The van der Waals surface area contributed by atoms with E-state index in [1.165, 1.54) is 34.6 Å². The maximum atomic E-state index is 13.0. The third-order valence-corrected chi connectivity index (χ3v) is 6.73. The number of nitro benzene ring substituents is 1. The van der Waals surface area contributed by atoms with E-state index in [0.717, 1.165) is 0 Å². The Morgan fingerprint density at radius 1 is 1.27 bits per heavy atom. The van der Waals surface area contributed by atoms with Crippen molar-refractivity contribution in [1.29, 1.82) is 0 Å². The fraction of sp³-hybridized carbons (Fsp3) is 0.350. The van der Waals surface area contributed by atoms with Crippen LogP contribution in [0.5, 0.6) is 5.75 Å². The molecule has 1 aliphatic heterocycles. The number of non-ortho nitro benzene ring substituents is 1. The average Bonchev–Trinajstić information content (AvgIpc) is 2.74. The molecule has 0 unspecified atom stereocenters. The van der Waals surface area contributed by atoms with Crippen molar-refractivity contribution in [3.05, 3.63) is 58.6 Å². The molecule has 1 saturated heterocycles. The van der Waals surface area contributed by atoms with Crippen LogP contribution in [-0.2, 0) is 14.8 Å². The number of sulfonamides is 1. The number of amides is 1. The van der Waals surface area contributed by atoms with Gasteiger partial charge in [0.15, 0.2) is 0 Å². The zero-order chi connectivity index (χ0) is 21.7. The van der Waals surface area contributed by atoms with E-state index in [0.29, 0.717) is 37.4 Å². The predicted octanol–water partition coefficient (Wildman–Crippen LogP) is 3.03. The SMILES string of the molecule is CCOc1ccc(S(=O)(=O)N2CCC[C@@H](C(=O)Nc3cccc([N+](=O)[O-])c3)C2)cc1. The number of nitro groups is 1. The molecule has 1 atom stereocenters. The van der Waals surface area contributed by atoms with Crippen LogP contribution in [0.25, 0.3) is 0 Å². The number of carbonyl (C=O) groups is 1. The second-order valence-corrected chi connectivity index (χ2v) is 8.84. The van der Waals surface area contributed by atoms with Gasteiger partial charge in [0.25, 0.3) is 5.69 Å². The fourth-order valence-electron chi connectivity index (χ4n) is 3.34. The Morgan fingerprint density at radius 3 is 2.67 bits per heavy atom. The molecule has 30 heavy (non-hydrogen) atoms. The van der Waals surface area contributed by atoms with E-state index in [1.807, 2.05) is 6.92 Å².